The lowest BCUT2D eigenvalue weighted by molar-refractivity contribution is 0.0945. The third kappa shape index (κ3) is 4.92. The van der Waals surface area contributed by atoms with Crippen molar-refractivity contribution >= 4 is 17.4 Å². The zero-order valence-corrected chi connectivity index (χ0v) is 14.5. The maximum absolute atomic E-state index is 12.0. The van der Waals surface area contributed by atoms with Gasteiger partial charge < -0.3 is 20.3 Å². The van der Waals surface area contributed by atoms with Crippen LogP contribution in [0.25, 0.3) is 0 Å². The predicted molar refractivity (Wildman–Crippen MR) is 93.9 cm³/mol. The first-order valence-corrected chi connectivity index (χ1v) is 7.66. The fourth-order valence-corrected chi connectivity index (χ4v) is 2.05. The first-order chi connectivity index (χ1) is 11.5. The highest BCUT2D eigenvalue weighted by molar-refractivity contribution is 5.92. The fraction of sp³-hybridized carbons (Fsp3) is 0.353. The van der Waals surface area contributed by atoms with Gasteiger partial charge in [0.15, 0.2) is 0 Å². The smallest absolute Gasteiger partial charge is 0.271 e. The Hall–Kier alpha value is -2.67. The standard InChI is InChI=1S/C17H23N5O2/c1-12-5-6-15(24-4)13(9-12)21-16-11-19-14(10-20-16)17(23)18-7-8-22(2)3/h5-6,9-11H,7-8H2,1-4H3,(H,18,23)(H,20,21). The van der Waals surface area contributed by atoms with E-state index in [2.05, 4.69) is 20.6 Å². The molecule has 7 nitrogen and oxygen atoms in total. The molecule has 2 rings (SSSR count). The van der Waals surface area contributed by atoms with Gasteiger partial charge in [0.1, 0.15) is 17.3 Å². The molecule has 2 aromatic rings. The topological polar surface area (TPSA) is 79.4 Å². The van der Waals surface area contributed by atoms with E-state index < -0.39 is 0 Å². The normalized spacial score (nSPS) is 10.5. The molecule has 0 saturated carbocycles. The molecule has 1 heterocycles. The van der Waals surface area contributed by atoms with Gasteiger partial charge in [-0.15, -0.1) is 0 Å². The second-order valence-corrected chi connectivity index (χ2v) is 5.67. The summed E-state index contributed by atoms with van der Waals surface area (Å²) in [7, 11) is 5.51. The number of hydrogen-bond acceptors (Lipinski definition) is 6. The first kappa shape index (κ1) is 17.7. The quantitative estimate of drug-likeness (QED) is 0.807. The van der Waals surface area contributed by atoms with Gasteiger partial charge in [-0.05, 0) is 38.7 Å². The number of amides is 1. The molecule has 0 saturated heterocycles. The Morgan fingerprint density at radius 2 is 2.04 bits per heavy atom. The van der Waals surface area contributed by atoms with Gasteiger partial charge in [-0.25, -0.2) is 9.97 Å². The molecular formula is C17H23N5O2. The van der Waals surface area contributed by atoms with Gasteiger partial charge >= 0.3 is 0 Å². The minimum absolute atomic E-state index is 0.232. The van der Waals surface area contributed by atoms with Gasteiger partial charge in [0.05, 0.1) is 25.2 Å². The molecule has 0 aliphatic heterocycles. The van der Waals surface area contributed by atoms with Crippen molar-refractivity contribution in [3.8, 4) is 5.75 Å². The average Bonchev–Trinajstić information content (AvgIpc) is 2.55. The summed E-state index contributed by atoms with van der Waals surface area (Å²) in [5.74, 6) is 1.03. The van der Waals surface area contributed by atoms with Gasteiger partial charge in [0, 0.05) is 13.1 Å². The van der Waals surface area contributed by atoms with Gasteiger partial charge in [-0.2, -0.15) is 0 Å². The van der Waals surface area contributed by atoms with Gasteiger partial charge in [0.25, 0.3) is 5.91 Å². The highest BCUT2D eigenvalue weighted by Crippen LogP contribution is 2.27. The van der Waals surface area contributed by atoms with Crippen LogP contribution in [0.2, 0.25) is 0 Å². The van der Waals surface area contributed by atoms with Crippen LogP contribution in [0.1, 0.15) is 16.1 Å². The van der Waals surface area contributed by atoms with Crippen molar-refractivity contribution in [3.05, 3.63) is 41.9 Å². The second-order valence-electron chi connectivity index (χ2n) is 5.67. The van der Waals surface area contributed by atoms with E-state index in [0.717, 1.165) is 17.8 Å². The van der Waals surface area contributed by atoms with Crippen LogP contribution < -0.4 is 15.4 Å². The molecule has 24 heavy (non-hydrogen) atoms. The lowest BCUT2D eigenvalue weighted by Gasteiger charge is -2.12. The molecule has 0 fully saturated rings. The summed E-state index contributed by atoms with van der Waals surface area (Å²) in [5, 5.41) is 5.95. The van der Waals surface area contributed by atoms with Crippen molar-refractivity contribution in [1.82, 2.24) is 20.2 Å². The number of carbonyl (C=O) groups excluding carboxylic acids is 1. The Morgan fingerprint density at radius 3 is 2.67 bits per heavy atom. The molecule has 128 valence electrons. The summed E-state index contributed by atoms with van der Waals surface area (Å²) in [5.41, 5.74) is 2.19. The fourth-order valence-electron chi connectivity index (χ4n) is 2.05. The molecule has 0 aliphatic rings. The van der Waals surface area contributed by atoms with Crippen LogP contribution in [-0.4, -0.2) is 55.1 Å². The molecular weight excluding hydrogens is 306 g/mol. The number of benzene rings is 1. The van der Waals surface area contributed by atoms with Crippen LogP contribution >= 0.6 is 0 Å². The van der Waals surface area contributed by atoms with Crippen molar-refractivity contribution in [2.45, 2.75) is 6.92 Å². The third-order valence-electron chi connectivity index (χ3n) is 3.35. The maximum atomic E-state index is 12.0. The minimum atomic E-state index is -0.232. The molecule has 1 aromatic carbocycles. The summed E-state index contributed by atoms with van der Waals surface area (Å²) in [6, 6.07) is 5.82. The number of methoxy groups -OCH3 is 1. The Kier molecular flexibility index (Phi) is 6.08. The number of aromatic nitrogens is 2. The highest BCUT2D eigenvalue weighted by atomic mass is 16.5. The largest absolute Gasteiger partial charge is 0.495 e. The molecule has 7 heteroatoms. The number of carbonyl (C=O) groups is 1. The maximum Gasteiger partial charge on any atom is 0.271 e. The van der Waals surface area contributed by atoms with Crippen LogP contribution in [0.4, 0.5) is 11.5 Å². The number of likely N-dealkylation sites (N-methyl/N-ethyl adjacent to an activating group) is 1. The Balaban J connectivity index is 2.02. The second kappa shape index (κ2) is 8.26. The van der Waals surface area contributed by atoms with Crippen molar-refractivity contribution < 1.29 is 9.53 Å². The molecule has 0 atom stereocenters. The molecule has 0 bridgehead atoms. The molecule has 1 aromatic heterocycles. The molecule has 0 spiro atoms. The number of ether oxygens (including phenoxy) is 1. The number of hydrogen-bond donors (Lipinski definition) is 2. The molecule has 0 unspecified atom stereocenters. The van der Waals surface area contributed by atoms with E-state index in [4.69, 9.17) is 4.74 Å². The van der Waals surface area contributed by atoms with Gasteiger partial charge in [0.2, 0.25) is 0 Å². The third-order valence-corrected chi connectivity index (χ3v) is 3.35. The molecule has 0 aliphatic carbocycles. The van der Waals surface area contributed by atoms with E-state index >= 15 is 0 Å². The van der Waals surface area contributed by atoms with Crippen LogP contribution in [0.5, 0.6) is 5.75 Å². The van der Waals surface area contributed by atoms with Crippen molar-refractivity contribution in [2.24, 2.45) is 0 Å². The zero-order valence-electron chi connectivity index (χ0n) is 14.5. The zero-order chi connectivity index (χ0) is 17.5. The number of aryl methyl sites for hydroxylation is 1. The summed E-state index contributed by atoms with van der Waals surface area (Å²) in [4.78, 5) is 22.4. The Morgan fingerprint density at radius 1 is 1.25 bits per heavy atom. The van der Waals surface area contributed by atoms with Crippen LogP contribution in [0.15, 0.2) is 30.6 Å². The van der Waals surface area contributed by atoms with Crippen molar-refractivity contribution in [1.29, 1.82) is 0 Å². The molecule has 0 radical (unpaired) electrons. The van der Waals surface area contributed by atoms with Crippen molar-refractivity contribution in [3.63, 3.8) is 0 Å². The van der Waals surface area contributed by atoms with Crippen molar-refractivity contribution in [2.75, 3.05) is 39.6 Å². The van der Waals surface area contributed by atoms with Crippen LogP contribution in [-0.2, 0) is 0 Å². The lowest BCUT2D eigenvalue weighted by atomic mass is 10.2. The van der Waals surface area contributed by atoms with Crippen LogP contribution in [0, 0.1) is 6.92 Å². The molecule has 2 N–H and O–H groups in total. The van der Waals surface area contributed by atoms with E-state index in [0.29, 0.717) is 18.1 Å². The Labute approximate surface area is 142 Å². The predicted octanol–water partition coefficient (Wildman–Crippen LogP) is 1.83. The Bertz CT molecular complexity index is 686. The molecule has 1 amide bonds. The number of nitrogens with one attached hydrogen (secondary N) is 2. The summed E-state index contributed by atoms with van der Waals surface area (Å²) >= 11 is 0. The highest BCUT2D eigenvalue weighted by Gasteiger charge is 2.09. The lowest BCUT2D eigenvalue weighted by Crippen LogP contribution is -2.31. The number of rotatable bonds is 7. The summed E-state index contributed by atoms with van der Waals surface area (Å²) < 4.78 is 5.32. The van der Waals surface area contributed by atoms with Crippen LogP contribution in [0.3, 0.4) is 0 Å². The first-order valence-electron chi connectivity index (χ1n) is 7.66. The van der Waals surface area contributed by atoms with E-state index in [1.54, 1.807) is 7.11 Å². The minimum Gasteiger partial charge on any atom is -0.495 e. The summed E-state index contributed by atoms with van der Waals surface area (Å²) in [6.45, 7) is 3.33. The van der Waals surface area contributed by atoms with E-state index in [1.165, 1.54) is 12.4 Å². The summed E-state index contributed by atoms with van der Waals surface area (Å²) in [6.07, 6.45) is 2.98. The van der Waals surface area contributed by atoms with Gasteiger partial charge in [-0.1, -0.05) is 6.07 Å². The average molecular weight is 329 g/mol. The van der Waals surface area contributed by atoms with E-state index in [-0.39, 0.29) is 11.6 Å². The van der Waals surface area contributed by atoms with E-state index in [1.807, 2.05) is 44.1 Å². The van der Waals surface area contributed by atoms with Gasteiger partial charge in [-0.3, -0.25) is 4.79 Å². The van der Waals surface area contributed by atoms with E-state index in [9.17, 15) is 4.79 Å². The monoisotopic (exact) mass is 329 g/mol. The SMILES string of the molecule is COc1ccc(C)cc1Nc1cnc(C(=O)NCCN(C)C)cn1. The number of nitrogens with zero attached hydrogens (tertiary/aromatic N) is 3. The number of anilines is 2.